The van der Waals surface area contributed by atoms with Gasteiger partial charge in [-0.05, 0) is 20.8 Å². The molecule has 1 rings (SSSR count). The lowest BCUT2D eigenvalue weighted by molar-refractivity contribution is 0.231. The van der Waals surface area contributed by atoms with Crippen molar-refractivity contribution in [3.05, 3.63) is 30.1 Å². The van der Waals surface area contributed by atoms with Crippen LogP contribution in [0.5, 0.6) is 5.75 Å². The quantitative estimate of drug-likeness (QED) is 0.611. The Morgan fingerprint density at radius 1 is 1.53 bits per heavy atom. The number of rotatable bonds is 5. The van der Waals surface area contributed by atoms with Crippen LogP contribution in [0.2, 0.25) is 0 Å². The van der Waals surface area contributed by atoms with Crippen LogP contribution in [0.25, 0.3) is 0 Å². The van der Waals surface area contributed by atoms with Crippen molar-refractivity contribution in [2.75, 3.05) is 17.6 Å². The van der Waals surface area contributed by atoms with E-state index in [-0.39, 0.29) is 11.9 Å². The van der Waals surface area contributed by atoms with Crippen molar-refractivity contribution in [3.63, 3.8) is 0 Å². The molecular weight excluding hydrogens is 219 g/mol. The van der Waals surface area contributed by atoms with Gasteiger partial charge in [-0.25, -0.2) is 4.39 Å². The zero-order valence-corrected chi connectivity index (χ0v) is 10.5. The van der Waals surface area contributed by atoms with E-state index < -0.39 is 5.82 Å². The molecule has 94 valence electrons. The minimum atomic E-state index is -0.447. The smallest absolute Gasteiger partial charge is 0.167 e. The highest BCUT2D eigenvalue weighted by Gasteiger charge is 2.10. The summed E-state index contributed by atoms with van der Waals surface area (Å²) in [5.41, 5.74) is 7.71. The van der Waals surface area contributed by atoms with Gasteiger partial charge in [0.25, 0.3) is 0 Å². The molecule has 0 aromatic heterocycles. The van der Waals surface area contributed by atoms with E-state index in [9.17, 15) is 4.39 Å². The molecule has 0 saturated heterocycles. The number of benzene rings is 1. The molecule has 0 heterocycles. The molecule has 0 unspecified atom stereocenters. The van der Waals surface area contributed by atoms with Crippen LogP contribution < -0.4 is 15.8 Å². The molecule has 0 amide bonds. The van der Waals surface area contributed by atoms with Crippen LogP contribution >= 0.6 is 0 Å². The summed E-state index contributed by atoms with van der Waals surface area (Å²) in [7, 11) is 0. The third kappa shape index (κ3) is 3.98. The lowest BCUT2D eigenvalue weighted by Gasteiger charge is -2.15. The number of halogens is 1. The maximum atomic E-state index is 13.5. The molecule has 0 fully saturated rings. The van der Waals surface area contributed by atoms with Crippen molar-refractivity contribution in [2.24, 2.45) is 0 Å². The van der Waals surface area contributed by atoms with E-state index in [0.29, 0.717) is 17.9 Å². The summed E-state index contributed by atoms with van der Waals surface area (Å²) >= 11 is 0. The first kappa shape index (κ1) is 13.4. The Balaban J connectivity index is 2.93. The second-order valence-electron chi connectivity index (χ2n) is 4.35. The van der Waals surface area contributed by atoms with Crippen molar-refractivity contribution in [2.45, 2.75) is 26.9 Å². The maximum Gasteiger partial charge on any atom is 0.167 e. The number of nitrogens with one attached hydrogen (secondary N) is 1. The van der Waals surface area contributed by atoms with Gasteiger partial charge < -0.3 is 15.8 Å². The van der Waals surface area contributed by atoms with Crippen LogP contribution in [0.4, 0.5) is 15.8 Å². The van der Waals surface area contributed by atoms with E-state index >= 15 is 0 Å². The lowest BCUT2D eigenvalue weighted by atomic mass is 10.2. The molecule has 0 aliphatic rings. The summed E-state index contributed by atoms with van der Waals surface area (Å²) in [5.74, 6) is -0.240. The first-order valence-corrected chi connectivity index (χ1v) is 5.54. The van der Waals surface area contributed by atoms with Crippen LogP contribution in [-0.4, -0.2) is 12.6 Å². The molecule has 0 spiro atoms. The van der Waals surface area contributed by atoms with E-state index in [1.54, 1.807) is 6.07 Å². The zero-order valence-electron chi connectivity index (χ0n) is 10.5. The van der Waals surface area contributed by atoms with Gasteiger partial charge in [-0.2, -0.15) is 0 Å². The average molecular weight is 238 g/mol. The molecule has 3 nitrogen and oxygen atoms in total. The van der Waals surface area contributed by atoms with Crippen LogP contribution in [0.1, 0.15) is 20.8 Å². The second-order valence-corrected chi connectivity index (χ2v) is 4.35. The number of ether oxygens (including phenoxy) is 1. The topological polar surface area (TPSA) is 47.3 Å². The molecule has 4 heteroatoms. The average Bonchev–Trinajstić information content (AvgIpc) is 2.19. The number of nitrogen functional groups attached to an aromatic ring is 1. The van der Waals surface area contributed by atoms with Crippen molar-refractivity contribution in [1.82, 2.24) is 0 Å². The van der Waals surface area contributed by atoms with Gasteiger partial charge in [-0.3, -0.25) is 0 Å². The van der Waals surface area contributed by atoms with E-state index in [4.69, 9.17) is 10.5 Å². The standard InChI is InChI=1S/C13H19FN2O/c1-8(2)7-16-12-6-13(17-9(3)4)10(14)5-11(12)15/h5-6,9,16H,1,7,15H2,2-4H3. The Kier molecular flexibility index (Phi) is 4.37. The van der Waals surface area contributed by atoms with E-state index in [1.807, 2.05) is 20.8 Å². The molecular formula is C13H19FN2O. The summed E-state index contributed by atoms with van der Waals surface area (Å²) in [5, 5.41) is 3.08. The highest BCUT2D eigenvalue weighted by Crippen LogP contribution is 2.28. The van der Waals surface area contributed by atoms with Gasteiger partial charge in [0, 0.05) is 18.7 Å². The van der Waals surface area contributed by atoms with Gasteiger partial charge in [0.15, 0.2) is 11.6 Å². The Bertz CT molecular complexity index is 416. The summed E-state index contributed by atoms with van der Waals surface area (Å²) in [6.45, 7) is 9.96. The number of hydrogen-bond donors (Lipinski definition) is 2. The Labute approximate surface area is 101 Å². The van der Waals surface area contributed by atoms with Gasteiger partial charge in [-0.15, -0.1) is 0 Å². The van der Waals surface area contributed by atoms with Crippen LogP contribution in [0.3, 0.4) is 0 Å². The predicted octanol–water partition coefficient (Wildman–Crippen LogP) is 3.18. The number of anilines is 2. The molecule has 1 aromatic rings. The Hall–Kier alpha value is -1.71. The van der Waals surface area contributed by atoms with Gasteiger partial charge >= 0.3 is 0 Å². The van der Waals surface area contributed by atoms with Crippen molar-refractivity contribution in [3.8, 4) is 5.75 Å². The molecule has 0 aliphatic heterocycles. The van der Waals surface area contributed by atoms with Gasteiger partial charge in [0.05, 0.1) is 17.5 Å². The largest absolute Gasteiger partial charge is 0.488 e. The maximum absolute atomic E-state index is 13.5. The molecule has 0 bridgehead atoms. The van der Waals surface area contributed by atoms with E-state index in [2.05, 4.69) is 11.9 Å². The van der Waals surface area contributed by atoms with Gasteiger partial charge in [-0.1, -0.05) is 12.2 Å². The molecule has 0 atom stereocenters. The Morgan fingerprint density at radius 3 is 2.71 bits per heavy atom. The fourth-order valence-corrected chi connectivity index (χ4v) is 1.31. The minimum absolute atomic E-state index is 0.0814. The van der Waals surface area contributed by atoms with E-state index in [0.717, 1.165) is 5.57 Å². The second kappa shape index (κ2) is 5.57. The lowest BCUT2D eigenvalue weighted by Crippen LogP contribution is -2.09. The zero-order chi connectivity index (χ0) is 13.0. The van der Waals surface area contributed by atoms with E-state index in [1.165, 1.54) is 6.07 Å². The van der Waals surface area contributed by atoms with Gasteiger partial charge in [0.2, 0.25) is 0 Å². The van der Waals surface area contributed by atoms with Crippen LogP contribution in [0.15, 0.2) is 24.3 Å². The minimum Gasteiger partial charge on any atom is -0.488 e. The summed E-state index contributed by atoms with van der Waals surface area (Å²) in [6, 6.07) is 2.84. The van der Waals surface area contributed by atoms with Crippen molar-refractivity contribution in [1.29, 1.82) is 0 Å². The Morgan fingerprint density at radius 2 is 2.18 bits per heavy atom. The predicted molar refractivity (Wildman–Crippen MR) is 69.9 cm³/mol. The van der Waals surface area contributed by atoms with Crippen LogP contribution in [0, 0.1) is 5.82 Å². The fourth-order valence-electron chi connectivity index (χ4n) is 1.31. The molecule has 0 aliphatic carbocycles. The SMILES string of the molecule is C=C(C)CNc1cc(OC(C)C)c(F)cc1N. The normalized spacial score (nSPS) is 10.4. The fraction of sp³-hybridized carbons (Fsp3) is 0.385. The summed E-state index contributed by atoms with van der Waals surface area (Å²) in [6.07, 6.45) is -0.0814. The van der Waals surface area contributed by atoms with Crippen molar-refractivity contribution >= 4 is 11.4 Å². The number of hydrogen-bond acceptors (Lipinski definition) is 3. The highest BCUT2D eigenvalue weighted by atomic mass is 19.1. The summed E-state index contributed by atoms with van der Waals surface area (Å²) < 4.78 is 18.9. The van der Waals surface area contributed by atoms with Gasteiger partial charge in [0.1, 0.15) is 0 Å². The third-order valence-electron chi connectivity index (χ3n) is 2.05. The first-order valence-electron chi connectivity index (χ1n) is 5.54. The molecule has 1 aromatic carbocycles. The third-order valence-corrected chi connectivity index (χ3v) is 2.05. The highest BCUT2D eigenvalue weighted by molar-refractivity contribution is 5.68. The molecule has 17 heavy (non-hydrogen) atoms. The molecule has 3 N–H and O–H groups in total. The molecule has 0 radical (unpaired) electrons. The first-order chi connectivity index (χ1) is 7.90. The van der Waals surface area contributed by atoms with Crippen molar-refractivity contribution < 1.29 is 9.13 Å². The van der Waals surface area contributed by atoms with Crippen LogP contribution in [-0.2, 0) is 0 Å². The summed E-state index contributed by atoms with van der Waals surface area (Å²) in [4.78, 5) is 0. The monoisotopic (exact) mass is 238 g/mol. The molecule has 0 saturated carbocycles. The number of nitrogens with two attached hydrogens (primary N) is 1.